The van der Waals surface area contributed by atoms with Gasteiger partial charge in [0.05, 0.1) is 0 Å². The third-order valence-electron chi connectivity index (χ3n) is 2.99. The smallest absolute Gasteiger partial charge is 0.276 e. The largest absolute Gasteiger partial charge is 0.483 e. The lowest BCUT2D eigenvalue weighted by atomic mass is 10.2. The van der Waals surface area contributed by atoms with Crippen molar-refractivity contribution in [2.24, 2.45) is 0 Å². The van der Waals surface area contributed by atoms with Gasteiger partial charge in [0.15, 0.2) is 11.7 Å². The second-order valence-electron chi connectivity index (χ2n) is 5.04. The molecule has 0 fully saturated rings. The number of hydrogen-bond donors (Lipinski definition) is 3. The van der Waals surface area contributed by atoms with E-state index >= 15 is 0 Å². The molecule has 0 atom stereocenters. The van der Waals surface area contributed by atoms with Crippen LogP contribution < -0.4 is 20.9 Å². The van der Waals surface area contributed by atoms with Crippen LogP contribution in [0.1, 0.15) is 10.4 Å². The van der Waals surface area contributed by atoms with E-state index in [-0.39, 0.29) is 11.7 Å². The molecule has 1 aromatic carbocycles. The van der Waals surface area contributed by atoms with Crippen LogP contribution in [0.25, 0.3) is 6.08 Å². The quantitative estimate of drug-likeness (QED) is 0.368. The summed E-state index contributed by atoms with van der Waals surface area (Å²) in [4.78, 5) is 24.4. The van der Waals surface area contributed by atoms with Crippen LogP contribution in [0.15, 0.2) is 46.3 Å². The van der Waals surface area contributed by atoms with Crippen LogP contribution in [-0.2, 0) is 9.59 Å². The highest BCUT2D eigenvalue weighted by molar-refractivity contribution is 9.10. The van der Waals surface area contributed by atoms with E-state index in [9.17, 15) is 9.59 Å². The lowest BCUT2D eigenvalue weighted by Gasteiger charge is -2.11. The van der Waals surface area contributed by atoms with Gasteiger partial charge in [0, 0.05) is 15.4 Å². The fraction of sp³-hybridized carbons (Fsp3) is 0.118. The molecular weight excluding hydrogens is 438 g/mol. The highest BCUT2D eigenvalue weighted by Crippen LogP contribution is 2.21. The van der Waals surface area contributed by atoms with Crippen molar-refractivity contribution in [2.75, 3.05) is 6.61 Å². The minimum Gasteiger partial charge on any atom is -0.483 e. The van der Waals surface area contributed by atoms with E-state index in [4.69, 9.17) is 17.0 Å². The Labute approximate surface area is 168 Å². The van der Waals surface area contributed by atoms with E-state index in [0.717, 1.165) is 14.9 Å². The number of hydrazine groups is 1. The minimum absolute atomic E-state index is 0.0148. The molecule has 1 aromatic heterocycles. The molecular formula is C17H16BrN3O3S2. The highest BCUT2D eigenvalue weighted by Gasteiger charge is 2.06. The van der Waals surface area contributed by atoms with Crippen LogP contribution in [-0.4, -0.2) is 23.5 Å². The number of rotatable bonds is 5. The predicted molar refractivity (Wildman–Crippen MR) is 110 cm³/mol. The Morgan fingerprint density at radius 3 is 2.81 bits per heavy atom. The van der Waals surface area contributed by atoms with Crippen molar-refractivity contribution >= 4 is 62.5 Å². The molecule has 2 aromatic rings. The fourth-order valence-corrected chi connectivity index (χ4v) is 3.05. The first kappa shape index (κ1) is 20.1. The lowest BCUT2D eigenvalue weighted by molar-refractivity contribution is -0.123. The summed E-state index contributed by atoms with van der Waals surface area (Å²) in [6.45, 7) is 1.69. The number of nitrogens with one attached hydrogen (secondary N) is 3. The number of hydrogen-bond acceptors (Lipinski definition) is 5. The second kappa shape index (κ2) is 10.0. The molecule has 0 aliphatic heterocycles. The zero-order chi connectivity index (χ0) is 18.9. The molecule has 9 heteroatoms. The molecule has 3 N–H and O–H groups in total. The molecule has 2 amide bonds. The molecule has 0 aliphatic rings. The van der Waals surface area contributed by atoms with Crippen molar-refractivity contribution in [3.05, 3.63) is 56.7 Å². The molecule has 0 spiro atoms. The van der Waals surface area contributed by atoms with Gasteiger partial charge in [-0.05, 0) is 60.4 Å². The minimum atomic E-state index is -0.432. The summed E-state index contributed by atoms with van der Waals surface area (Å²) in [5, 5.41) is 4.32. The highest BCUT2D eigenvalue weighted by atomic mass is 79.9. The molecule has 136 valence electrons. The van der Waals surface area contributed by atoms with Crippen LogP contribution in [0.2, 0.25) is 0 Å². The fourth-order valence-electron chi connectivity index (χ4n) is 1.81. The predicted octanol–water partition coefficient (Wildman–Crippen LogP) is 2.93. The number of ether oxygens (including phenoxy) is 1. The monoisotopic (exact) mass is 453 g/mol. The zero-order valence-corrected chi connectivity index (χ0v) is 17.0. The Morgan fingerprint density at radius 1 is 1.31 bits per heavy atom. The number of carbonyl (C=O) groups excluding carboxylic acids is 2. The summed E-state index contributed by atoms with van der Waals surface area (Å²) >= 11 is 9.82. The standard InChI is InChI=1S/C17H16BrN3O3S2/c1-11-9-12(18)4-6-14(11)24-10-16(23)20-21-17(25)19-15(22)7-5-13-3-2-8-26-13/h2-9H,10H2,1H3,(H,20,23)(H2,19,21,22,25)/b7-5+. The summed E-state index contributed by atoms with van der Waals surface area (Å²) in [5.74, 6) is -0.220. The normalized spacial score (nSPS) is 10.4. The Kier molecular flexibility index (Phi) is 7.76. The Hall–Kier alpha value is -2.23. The van der Waals surface area contributed by atoms with Gasteiger partial charge in [-0.2, -0.15) is 0 Å². The van der Waals surface area contributed by atoms with Gasteiger partial charge in [-0.1, -0.05) is 22.0 Å². The molecule has 0 saturated heterocycles. The number of halogens is 1. The first-order valence-electron chi connectivity index (χ1n) is 7.44. The van der Waals surface area contributed by atoms with Gasteiger partial charge >= 0.3 is 0 Å². The maximum absolute atomic E-state index is 11.8. The van der Waals surface area contributed by atoms with Crippen LogP contribution >= 0.6 is 39.5 Å². The number of benzene rings is 1. The van der Waals surface area contributed by atoms with E-state index in [1.165, 1.54) is 17.4 Å². The summed E-state index contributed by atoms with van der Waals surface area (Å²) < 4.78 is 6.37. The number of thiophene rings is 1. The van der Waals surface area contributed by atoms with Gasteiger partial charge in [0.2, 0.25) is 5.91 Å². The van der Waals surface area contributed by atoms with Crippen molar-refractivity contribution < 1.29 is 14.3 Å². The van der Waals surface area contributed by atoms with Gasteiger partial charge < -0.3 is 4.74 Å². The number of aryl methyl sites for hydroxylation is 1. The van der Waals surface area contributed by atoms with E-state index in [1.807, 2.05) is 36.6 Å². The van der Waals surface area contributed by atoms with E-state index in [0.29, 0.717) is 5.75 Å². The Morgan fingerprint density at radius 2 is 2.12 bits per heavy atom. The Bertz CT molecular complexity index is 823. The first-order chi connectivity index (χ1) is 12.4. The van der Waals surface area contributed by atoms with E-state index in [1.54, 1.807) is 12.1 Å². The van der Waals surface area contributed by atoms with Crippen LogP contribution in [0.3, 0.4) is 0 Å². The average molecular weight is 454 g/mol. The summed E-state index contributed by atoms with van der Waals surface area (Å²) in [5.41, 5.74) is 5.71. The van der Waals surface area contributed by atoms with Crippen molar-refractivity contribution in [2.45, 2.75) is 6.92 Å². The topological polar surface area (TPSA) is 79.5 Å². The number of carbonyl (C=O) groups is 2. The van der Waals surface area contributed by atoms with E-state index in [2.05, 4.69) is 32.1 Å². The van der Waals surface area contributed by atoms with E-state index < -0.39 is 11.8 Å². The summed E-state index contributed by atoms with van der Waals surface area (Å²) in [6.07, 6.45) is 3.04. The maximum atomic E-state index is 11.8. The van der Waals surface area contributed by atoms with Crippen LogP contribution in [0.4, 0.5) is 0 Å². The molecule has 1 heterocycles. The van der Waals surface area contributed by atoms with Gasteiger partial charge in [-0.25, -0.2) is 0 Å². The molecule has 26 heavy (non-hydrogen) atoms. The van der Waals surface area contributed by atoms with Crippen LogP contribution in [0.5, 0.6) is 5.75 Å². The molecule has 2 rings (SSSR count). The van der Waals surface area contributed by atoms with Gasteiger partial charge in [-0.15, -0.1) is 11.3 Å². The molecule has 0 saturated carbocycles. The third kappa shape index (κ3) is 6.95. The maximum Gasteiger partial charge on any atom is 0.276 e. The number of amides is 2. The second-order valence-corrected chi connectivity index (χ2v) is 7.34. The number of thiocarbonyl (C=S) groups is 1. The summed E-state index contributed by atoms with van der Waals surface area (Å²) in [6, 6.07) is 9.26. The van der Waals surface area contributed by atoms with Crippen molar-refractivity contribution in [3.63, 3.8) is 0 Å². The third-order valence-corrected chi connectivity index (χ3v) is 4.53. The first-order valence-corrected chi connectivity index (χ1v) is 9.52. The molecule has 0 bridgehead atoms. The van der Waals surface area contributed by atoms with Gasteiger partial charge in [0.1, 0.15) is 5.75 Å². The van der Waals surface area contributed by atoms with Crippen molar-refractivity contribution in [3.8, 4) is 5.75 Å². The molecule has 0 radical (unpaired) electrons. The van der Waals surface area contributed by atoms with Gasteiger partial charge in [-0.3, -0.25) is 25.8 Å². The SMILES string of the molecule is Cc1cc(Br)ccc1OCC(=O)NNC(=S)NC(=O)/C=C/c1cccs1. The molecule has 0 unspecified atom stereocenters. The zero-order valence-electron chi connectivity index (χ0n) is 13.7. The molecule has 0 aliphatic carbocycles. The van der Waals surface area contributed by atoms with Crippen LogP contribution in [0, 0.1) is 6.92 Å². The Balaban J connectivity index is 1.69. The summed E-state index contributed by atoms with van der Waals surface area (Å²) in [7, 11) is 0. The average Bonchev–Trinajstić information content (AvgIpc) is 3.11. The lowest BCUT2D eigenvalue weighted by Crippen LogP contribution is -2.49. The molecule has 6 nitrogen and oxygen atoms in total. The van der Waals surface area contributed by atoms with Gasteiger partial charge in [0.25, 0.3) is 5.91 Å². The van der Waals surface area contributed by atoms with Crippen molar-refractivity contribution in [1.82, 2.24) is 16.2 Å². The van der Waals surface area contributed by atoms with Crippen molar-refractivity contribution in [1.29, 1.82) is 0 Å².